The summed E-state index contributed by atoms with van der Waals surface area (Å²) in [6, 6.07) is 8.92. The van der Waals surface area contributed by atoms with Gasteiger partial charge in [-0.2, -0.15) is 0 Å². The lowest BCUT2D eigenvalue weighted by atomic mass is 10.0. The topological polar surface area (TPSA) is 29.9 Å². The molecule has 0 bridgehead atoms. The third-order valence-electron chi connectivity index (χ3n) is 3.84. The van der Waals surface area contributed by atoms with Gasteiger partial charge in [-0.05, 0) is 44.7 Å². The van der Waals surface area contributed by atoms with Gasteiger partial charge in [-0.1, -0.05) is 26.0 Å². The lowest BCUT2D eigenvalue weighted by molar-refractivity contribution is 0.443. The summed E-state index contributed by atoms with van der Waals surface area (Å²) < 4.78 is 2.30. The van der Waals surface area contributed by atoms with E-state index < -0.39 is 0 Å². The molecule has 0 aliphatic rings. The monoisotopic (exact) mass is 273 g/mol. The molecule has 2 rings (SSSR count). The minimum absolute atomic E-state index is 0.544. The second-order valence-electron chi connectivity index (χ2n) is 6.01. The largest absolute Gasteiger partial charge is 0.327 e. The van der Waals surface area contributed by atoms with E-state index in [0.29, 0.717) is 6.04 Å². The molecule has 1 unspecified atom stereocenters. The highest BCUT2D eigenvalue weighted by Crippen LogP contribution is 2.16. The first-order valence-corrected chi connectivity index (χ1v) is 7.79. The van der Waals surface area contributed by atoms with Crippen molar-refractivity contribution in [1.29, 1.82) is 0 Å². The first-order valence-electron chi connectivity index (χ1n) is 7.79. The van der Waals surface area contributed by atoms with Gasteiger partial charge in [-0.25, -0.2) is 4.98 Å². The van der Waals surface area contributed by atoms with Gasteiger partial charge in [0.05, 0.1) is 17.6 Å². The number of para-hydroxylation sites is 2. The van der Waals surface area contributed by atoms with E-state index in [1.807, 2.05) is 0 Å². The molecule has 1 N–H and O–H groups in total. The summed E-state index contributed by atoms with van der Waals surface area (Å²) in [7, 11) is 0. The molecule has 0 aliphatic carbocycles. The molecule has 1 aromatic carbocycles. The van der Waals surface area contributed by atoms with Crippen LogP contribution in [0.5, 0.6) is 0 Å². The molecule has 2 aromatic rings. The third-order valence-corrected chi connectivity index (χ3v) is 3.84. The Morgan fingerprint density at radius 3 is 2.60 bits per heavy atom. The zero-order valence-corrected chi connectivity index (χ0v) is 13.2. The molecule has 20 heavy (non-hydrogen) atoms. The molecule has 1 aromatic heterocycles. The predicted octanol–water partition coefficient (Wildman–Crippen LogP) is 3.97. The van der Waals surface area contributed by atoms with Crippen LogP contribution in [0.2, 0.25) is 0 Å². The maximum absolute atomic E-state index is 4.75. The Morgan fingerprint density at radius 1 is 1.15 bits per heavy atom. The number of fused-ring (bicyclic) bond motifs is 1. The standard InChI is InChI=1S/C17H27N3/c1-5-20-16-9-7-6-8-15(16)19-17(20)12-18-14(4)11-10-13(2)3/h6-9,13-14,18H,5,10-12H2,1-4H3. The van der Waals surface area contributed by atoms with Crippen molar-refractivity contribution in [2.24, 2.45) is 5.92 Å². The number of benzene rings is 1. The van der Waals surface area contributed by atoms with Crippen molar-refractivity contribution in [3.8, 4) is 0 Å². The lowest BCUT2D eigenvalue weighted by Gasteiger charge is -2.15. The summed E-state index contributed by atoms with van der Waals surface area (Å²) in [6.45, 7) is 10.8. The molecule has 0 saturated carbocycles. The van der Waals surface area contributed by atoms with E-state index in [0.717, 1.165) is 30.3 Å². The fraction of sp³-hybridized carbons (Fsp3) is 0.588. The van der Waals surface area contributed by atoms with Crippen molar-refractivity contribution in [3.05, 3.63) is 30.1 Å². The average molecular weight is 273 g/mol. The van der Waals surface area contributed by atoms with Crippen LogP contribution in [0.4, 0.5) is 0 Å². The highest BCUT2D eigenvalue weighted by atomic mass is 15.1. The van der Waals surface area contributed by atoms with Crippen LogP contribution in [0.1, 0.15) is 46.4 Å². The number of aryl methyl sites for hydroxylation is 1. The van der Waals surface area contributed by atoms with Crippen molar-refractivity contribution in [1.82, 2.24) is 14.9 Å². The van der Waals surface area contributed by atoms with Gasteiger partial charge in [0.2, 0.25) is 0 Å². The van der Waals surface area contributed by atoms with Crippen molar-refractivity contribution >= 4 is 11.0 Å². The second kappa shape index (κ2) is 6.89. The Hall–Kier alpha value is -1.35. The van der Waals surface area contributed by atoms with E-state index in [2.05, 4.69) is 61.8 Å². The van der Waals surface area contributed by atoms with Gasteiger partial charge < -0.3 is 9.88 Å². The number of imidazole rings is 1. The van der Waals surface area contributed by atoms with E-state index in [1.54, 1.807) is 0 Å². The number of hydrogen-bond acceptors (Lipinski definition) is 2. The Bertz CT molecular complexity index is 542. The SMILES string of the molecule is CCn1c(CNC(C)CCC(C)C)nc2ccccc21. The van der Waals surface area contributed by atoms with E-state index in [-0.39, 0.29) is 0 Å². The number of aromatic nitrogens is 2. The van der Waals surface area contributed by atoms with Gasteiger partial charge >= 0.3 is 0 Å². The molecule has 3 heteroatoms. The normalized spacial score (nSPS) is 13.2. The molecule has 3 nitrogen and oxygen atoms in total. The Labute approximate surface area is 122 Å². The number of nitrogens with zero attached hydrogens (tertiary/aromatic N) is 2. The van der Waals surface area contributed by atoms with Crippen molar-refractivity contribution in [2.45, 2.75) is 59.7 Å². The first-order chi connectivity index (χ1) is 9.61. The molecule has 1 atom stereocenters. The van der Waals surface area contributed by atoms with Crippen molar-refractivity contribution in [2.75, 3.05) is 0 Å². The van der Waals surface area contributed by atoms with Gasteiger partial charge in [-0.15, -0.1) is 0 Å². The minimum atomic E-state index is 0.544. The Balaban J connectivity index is 2.02. The fourth-order valence-electron chi connectivity index (χ4n) is 2.56. The predicted molar refractivity (Wildman–Crippen MR) is 85.8 cm³/mol. The van der Waals surface area contributed by atoms with Gasteiger partial charge in [-0.3, -0.25) is 0 Å². The molecular formula is C17H27N3. The summed E-state index contributed by atoms with van der Waals surface area (Å²) in [5.41, 5.74) is 2.34. The van der Waals surface area contributed by atoms with E-state index >= 15 is 0 Å². The van der Waals surface area contributed by atoms with Gasteiger partial charge in [0, 0.05) is 12.6 Å². The summed E-state index contributed by atoms with van der Waals surface area (Å²) in [5, 5.41) is 3.61. The molecule has 0 aliphatic heterocycles. The van der Waals surface area contributed by atoms with Crippen LogP contribution in [0, 0.1) is 5.92 Å². The van der Waals surface area contributed by atoms with Crippen LogP contribution in [-0.2, 0) is 13.1 Å². The van der Waals surface area contributed by atoms with Gasteiger partial charge in [0.25, 0.3) is 0 Å². The first kappa shape index (κ1) is 15.0. The van der Waals surface area contributed by atoms with Crippen molar-refractivity contribution < 1.29 is 0 Å². The van der Waals surface area contributed by atoms with Crippen molar-refractivity contribution in [3.63, 3.8) is 0 Å². The molecule has 0 amide bonds. The van der Waals surface area contributed by atoms with Crippen LogP contribution < -0.4 is 5.32 Å². The fourth-order valence-corrected chi connectivity index (χ4v) is 2.56. The maximum Gasteiger partial charge on any atom is 0.123 e. The summed E-state index contributed by atoms with van der Waals surface area (Å²) in [6.07, 6.45) is 2.50. The molecular weight excluding hydrogens is 246 g/mol. The molecule has 0 saturated heterocycles. The molecule has 110 valence electrons. The number of rotatable bonds is 7. The highest BCUT2D eigenvalue weighted by molar-refractivity contribution is 5.75. The lowest BCUT2D eigenvalue weighted by Crippen LogP contribution is -2.27. The summed E-state index contributed by atoms with van der Waals surface area (Å²) >= 11 is 0. The van der Waals surface area contributed by atoms with Crippen LogP contribution in [0.3, 0.4) is 0 Å². The van der Waals surface area contributed by atoms with Crippen LogP contribution >= 0.6 is 0 Å². The van der Waals surface area contributed by atoms with E-state index in [1.165, 1.54) is 18.4 Å². The third kappa shape index (κ3) is 3.60. The van der Waals surface area contributed by atoms with Crippen LogP contribution in [0.25, 0.3) is 11.0 Å². The van der Waals surface area contributed by atoms with Crippen LogP contribution in [0.15, 0.2) is 24.3 Å². The average Bonchev–Trinajstić information content (AvgIpc) is 2.80. The quantitative estimate of drug-likeness (QED) is 0.827. The molecule has 0 radical (unpaired) electrons. The number of hydrogen-bond donors (Lipinski definition) is 1. The summed E-state index contributed by atoms with van der Waals surface area (Å²) in [4.78, 5) is 4.75. The number of nitrogens with one attached hydrogen (secondary N) is 1. The second-order valence-corrected chi connectivity index (χ2v) is 6.01. The van der Waals surface area contributed by atoms with Gasteiger partial charge in [0.15, 0.2) is 0 Å². The summed E-state index contributed by atoms with van der Waals surface area (Å²) in [5.74, 6) is 1.92. The molecule has 0 fully saturated rings. The zero-order valence-electron chi connectivity index (χ0n) is 13.2. The Morgan fingerprint density at radius 2 is 1.90 bits per heavy atom. The van der Waals surface area contributed by atoms with Gasteiger partial charge in [0.1, 0.15) is 5.82 Å². The smallest absolute Gasteiger partial charge is 0.123 e. The Kier molecular flexibility index (Phi) is 5.18. The zero-order chi connectivity index (χ0) is 14.5. The van der Waals surface area contributed by atoms with E-state index in [9.17, 15) is 0 Å². The van der Waals surface area contributed by atoms with Crippen LogP contribution in [-0.4, -0.2) is 15.6 Å². The van der Waals surface area contributed by atoms with E-state index in [4.69, 9.17) is 4.98 Å². The highest BCUT2D eigenvalue weighted by Gasteiger charge is 2.10. The maximum atomic E-state index is 4.75. The molecule has 1 heterocycles. The molecule has 0 spiro atoms. The minimum Gasteiger partial charge on any atom is -0.327 e.